The molecule has 0 amide bonds. The van der Waals surface area contributed by atoms with E-state index in [9.17, 15) is 0 Å². The number of hydrogen-bond acceptors (Lipinski definition) is 3. The van der Waals surface area contributed by atoms with Crippen molar-refractivity contribution in [2.75, 3.05) is 26.2 Å². The van der Waals surface area contributed by atoms with E-state index in [1.54, 1.807) is 0 Å². The summed E-state index contributed by atoms with van der Waals surface area (Å²) in [7, 11) is 0. The summed E-state index contributed by atoms with van der Waals surface area (Å²) < 4.78 is 5.56. The Morgan fingerprint density at radius 3 is 2.89 bits per heavy atom. The zero-order chi connectivity index (χ0) is 13.1. The molecule has 1 saturated heterocycles. The van der Waals surface area contributed by atoms with Crippen molar-refractivity contribution in [2.24, 2.45) is 11.7 Å². The Bertz CT molecular complexity index is 425. The molecule has 2 heterocycles. The van der Waals surface area contributed by atoms with Crippen LogP contribution in [0.4, 0.5) is 0 Å². The van der Waals surface area contributed by atoms with Crippen LogP contribution < -0.4 is 10.5 Å². The molecule has 2 aliphatic heterocycles. The van der Waals surface area contributed by atoms with Crippen LogP contribution in [-0.2, 0) is 13.0 Å². The van der Waals surface area contributed by atoms with Gasteiger partial charge in [-0.1, -0.05) is 12.1 Å². The molecule has 0 unspecified atom stereocenters. The zero-order valence-electron chi connectivity index (χ0n) is 11.6. The van der Waals surface area contributed by atoms with Crippen molar-refractivity contribution in [3.63, 3.8) is 0 Å². The maximum Gasteiger partial charge on any atom is 0.122 e. The first-order valence-corrected chi connectivity index (χ1v) is 7.52. The van der Waals surface area contributed by atoms with Gasteiger partial charge in [-0.05, 0) is 62.0 Å². The minimum absolute atomic E-state index is 0.843. The molecule has 1 aromatic rings. The standard InChI is InChI=1S/C16H24N2O/c17-7-3-13-4-8-18(9-5-13)12-14-1-2-16-15(11-14)6-10-19-16/h1-2,11,13H,3-10,12,17H2. The Labute approximate surface area is 115 Å². The summed E-state index contributed by atoms with van der Waals surface area (Å²) >= 11 is 0. The number of likely N-dealkylation sites (tertiary alicyclic amines) is 1. The van der Waals surface area contributed by atoms with Gasteiger partial charge >= 0.3 is 0 Å². The third kappa shape index (κ3) is 3.10. The van der Waals surface area contributed by atoms with E-state index in [1.165, 1.54) is 43.5 Å². The second kappa shape index (κ2) is 5.93. The highest BCUT2D eigenvalue weighted by Gasteiger charge is 2.19. The predicted molar refractivity (Wildman–Crippen MR) is 77.3 cm³/mol. The van der Waals surface area contributed by atoms with E-state index in [0.717, 1.165) is 37.8 Å². The third-order valence-corrected chi connectivity index (χ3v) is 4.44. The quantitative estimate of drug-likeness (QED) is 0.902. The number of nitrogens with two attached hydrogens (primary N) is 1. The summed E-state index contributed by atoms with van der Waals surface area (Å²) in [6.07, 6.45) is 4.89. The van der Waals surface area contributed by atoms with Gasteiger partial charge in [-0.15, -0.1) is 0 Å². The fraction of sp³-hybridized carbons (Fsp3) is 0.625. The summed E-state index contributed by atoms with van der Waals surface area (Å²) in [6, 6.07) is 6.68. The lowest BCUT2D eigenvalue weighted by molar-refractivity contribution is 0.173. The van der Waals surface area contributed by atoms with Crippen molar-refractivity contribution in [1.82, 2.24) is 4.90 Å². The summed E-state index contributed by atoms with van der Waals surface area (Å²) in [5, 5.41) is 0. The largest absolute Gasteiger partial charge is 0.493 e. The number of benzene rings is 1. The Morgan fingerprint density at radius 2 is 2.11 bits per heavy atom. The van der Waals surface area contributed by atoms with Crippen LogP contribution in [0, 0.1) is 5.92 Å². The van der Waals surface area contributed by atoms with Gasteiger partial charge in [0.25, 0.3) is 0 Å². The van der Waals surface area contributed by atoms with E-state index >= 15 is 0 Å². The second-order valence-corrected chi connectivity index (χ2v) is 5.84. The highest BCUT2D eigenvalue weighted by molar-refractivity contribution is 5.39. The molecular weight excluding hydrogens is 236 g/mol. The van der Waals surface area contributed by atoms with Crippen LogP contribution in [0.5, 0.6) is 5.75 Å². The average Bonchev–Trinajstić information content (AvgIpc) is 2.89. The van der Waals surface area contributed by atoms with Gasteiger partial charge in [-0.2, -0.15) is 0 Å². The molecule has 1 aromatic carbocycles. The lowest BCUT2D eigenvalue weighted by Gasteiger charge is -2.31. The SMILES string of the molecule is NCCC1CCN(Cc2ccc3c(c2)CCO3)CC1. The number of piperidine rings is 1. The highest BCUT2D eigenvalue weighted by atomic mass is 16.5. The minimum atomic E-state index is 0.843. The monoisotopic (exact) mass is 260 g/mol. The van der Waals surface area contributed by atoms with E-state index in [0.29, 0.717) is 0 Å². The number of nitrogens with zero attached hydrogens (tertiary/aromatic N) is 1. The maximum absolute atomic E-state index is 5.64. The van der Waals surface area contributed by atoms with E-state index < -0.39 is 0 Å². The maximum atomic E-state index is 5.64. The number of fused-ring (bicyclic) bond motifs is 1. The van der Waals surface area contributed by atoms with Crippen molar-refractivity contribution in [3.05, 3.63) is 29.3 Å². The first-order valence-electron chi connectivity index (χ1n) is 7.52. The van der Waals surface area contributed by atoms with Crippen molar-refractivity contribution in [1.29, 1.82) is 0 Å². The molecule has 2 N–H and O–H groups in total. The molecule has 2 aliphatic rings. The molecule has 0 aromatic heterocycles. The normalized spacial score (nSPS) is 20.3. The van der Waals surface area contributed by atoms with E-state index in [4.69, 9.17) is 10.5 Å². The Balaban J connectivity index is 1.55. The van der Waals surface area contributed by atoms with Crippen LogP contribution in [-0.4, -0.2) is 31.1 Å². The summed E-state index contributed by atoms with van der Waals surface area (Å²) in [6.45, 7) is 5.22. The lowest BCUT2D eigenvalue weighted by atomic mass is 9.93. The van der Waals surface area contributed by atoms with Crippen LogP contribution in [0.2, 0.25) is 0 Å². The number of hydrogen-bond donors (Lipinski definition) is 1. The van der Waals surface area contributed by atoms with Gasteiger partial charge in [0.1, 0.15) is 5.75 Å². The molecule has 0 radical (unpaired) electrons. The van der Waals surface area contributed by atoms with Gasteiger partial charge in [0, 0.05) is 13.0 Å². The molecule has 1 fully saturated rings. The summed E-state index contributed by atoms with van der Waals surface area (Å²) in [5.74, 6) is 1.94. The third-order valence-electron chi connectivity index (χ3n) is 4.44. The zero-order valence-corrected chi connectivity index (χ0v) is 11.6. The molecule has 3 rings (SSSR count). The van der Waals surface area contributed by atoms with Crippen molar-refractivity contribution in [2.45, 2.75) is 32.2 Å². The molecule has 3 nitrogen and oxygen atoms in total. The molecule has 0 spiro atoms. The van der Waals surface area contributed by atoms with Crippen molar-refractivity contribution >= 4 is 0 Å². The lowest BCUT2D eigenvalue weighted by Crippen LogP contribution is -2.33. The van der Waals surface area contributed by atoms with E-state index in [-0.39, 0.29) is 0 Å². The Morgan fingerprint density at radius 1 is 1.26 bits per heavy atom. The Hall–Kier alpha value is -1.06. The van der Waals surface area contributed by atoms with Crippen LogP contribution >= 0.6 is 0 Å². The first kappa shape index (κ1) is 12.9. The van der Waals surface area contributed by atoms with E-state index in [2.05, 4.69) is 23.1 Å². The Kier molecular flexibility index (Phi) is 4.04. The molecule has 0 saturated carbocycles. The number of ether oxygens (including phenoxy) is 1. The van der Waals surface area contributed by atoms with E-state index in [1.807, 2.05) is 0 Å². The topological polar surface area (TPSA) is 38.5 Å². The van der Waals surface area contributed by atoms with Gasteiger partial charge in [0.2, 0.25) is 0 Å². The average molecular weight is 260 g/mol. The molecule has 3 heteroatoms. The fourth-order valence-corrected chi connectivity index (χ4v) is 3.27. The van der Waals surface area contributed by atoms with Gasteiger partial charge in [-0.25, -0.2) is 0 Å². The fourth-order valence-electron chi connectivity index (χ4n) is 3.27. The van der Waals surface area contributed by atoms with Crippen molar-refractivity contribution < 1.29 is 4.74 Å². The molecule has 104 valence electrons. The van der Waals surface area contributed by atoms with Crippen molar-refractivity contribution in [3.8, 4) is 5.75 Å². The number of rotatable bonds is 4. The first-order chi connectivity index (χ1) is 9.35. The van der Waals surface area contributed by atoms with Crippen LogP contribution in [0.25, 0.3) is 0 Å². The van der Waals surface area contributed by atoms with Gasteiger partial charge < -0.3 is 10.5 Å². The predicted octanol–water partition coefficient (Wildman–Crippen LogP) is 2.18. The molecule has 0 aliphatic carbocycles. The van der Waals surface area contributed by atoms with Gasteiger partial charge in [-0.3, -0.25) is 4.90 Å². The molecule has 0 bridgehead atoms. The summed E-state index contributed by atoms with van der Waals surface area (Å²) in [5.41, 5.74) is 8.46. The summed E-state index contributed by atoms with van der Waals surface area (Å²) in [4.78, 5) is 2.57. The molecule has 0 atom stereocenters. The second-order valence-electron chi connectivity index (χ2n) is 5.84. The molecule has 19 heavy (non-hydrogen) atoms. The highest BCUT2D eigenvalue weighted by Crippen LogP contribution is 2.27. The molecular formula is C16H24N2O. The van der Waals surface area contributed by atoms with Crippen LogP contribution in [0.15, 0.2) is 18.2 Å². The minimum Gasteiger partial charge on any atom is -0.493 e. The van der Waals surface area contributed by atoms with Gasteiger partial charge in [0.15, 0.2) is 0 Å². The van der Waals surface area contributed by atoms with Crippen LogP contribution in [0.3, 0.4) is 0 Å². The smallest absolute Gasteiger partial charge is 0.122 e. The van der Waals surface area contributed by atoms with Gasteiger partial charge in [0.05, 0.1) is 6.61 Å². The van der Waals surface area contributed by atoms with Crippen LogP contribution in [0.1, 0.15) is 30.4 Å².